The van der Waals surface area contributed by atoms with E-state index in [9.17, 15) is 4.79 Å². The summed E-state index contributed by atoms with van der Waals surface area (Å²) in [7, 11) is 0. The molecule has 0 aromatic carbocycles. The Morgan fingerprint density at radius 1 is 1.62 bits per heavy atom. The van der Waals surface area contributed by atoms with E-state index in [2.05, 4.69) is 15.3 Å². The van der Waals surface area contributed by atoms with Gasteiger partial charge in [-0.15, -0.1) is 0 Å². The molecule has 1 aliphatic carbocycles. The molecule has 0 unspecified atom stereocenters. The van der Waals surface area contributed by atoms with Crippen molar-refractivity contribution in [2.24, 2.45) is 0 Å². The Morgan fingerprint density at radius 2 is 2.44 bits per heavy atom. The van der Waals surface area contributed by atoms with Gasteiger partial charge in [-0.05, 0) is 19.8 Å². The van der Waals surface area contributed by atoms with E-state index in [1.165, 1.54) is 6.07 Å². The molecule has 1 fully saturated rings. The van der Waals surface area contributed by atoms with Crippen LogP contribution in [0, 0.1) is 0 Å². The third-order valence-corrected chi connectivity index (χ3v) is 2.48. The van der Waals surface area contributed by atoms with Gasteiger partial charge in [-0.2, -0.15) is 0 Å². The fraction of sp³-hybridized carbons (Fsp3) is 0.636. The Bertz CT molecular complexity index is 398. The van der Waals surface area contributed by atoms with Gasteiger partial charge in [0.2, 0.25) is 0 Å². The highest BCUT2D eigenvalue weighted by molar-refractivity contribution is 5.33. The highest BCUT2D eigenvalue weighted by Crippen LogP contribution is 2.37. The molecule has 0 amide bonds. The molecule has 5 heteroatoms. The summed E-state index contributed by atoms with van der Waals surface area (Å²) < 4.78 is 5.20. The number of hydrogen-bond acceptors (Lipinski definition) is 4. The third-order valence-electron chi connectivity index (χ3n) is 2.48. The van der Waals surface area contributed by atoms with Crippen LogP contribution in [-0.2, 0) is 4.74 Å². The standard InChI is InChI=1S/C11H17N3O2/c1-2-16-6-5-12-9-7-10(15)14-11(13-9)8-3-4-8/h7-8H,2-6H2,1H3,(H2,12,13,14,15). The van der Waals surface area contributed by atoms with Crippen LogP contribution in [0.2, 0.25) is 0 Å². The number of anilines is 1. The van der Waals surface area contributed by atoms with Crippen molar-refractivity contribution in [3.63, 3.8) is 0 Å². The van der Waals surface area contributed by atoms with Gasteiger partial charge in [0.15, 0.2) is 0 Å². The highest BCUT2D eigenvalue weighted by Gasteiger charge is 2.26. The van der Waals surface area contributed by atoms with Crippen LogP contribution in [0.15, 0.2) is 10.9 Å². The van der Waals surface area contributed by atoms with Crippen LogP contribution in [0.4, 0.5) is 5.82 Å². The SMILES string of the molecule is CCOCCNc1cc(=O)[nH]c(C2CC2)n1. The monoisotopic (exact) mass is 223 g/mol. The Kier molecular flexibility index (Phi) is 3.56. The summed E-state index contributed by atoms with van der Waals surface area (Å²) in [5, 5.41) is 3.09. The van der Waals surface area contributed by atoms with Gasteiger partial charge in [-0.25, -0.2) is 4.98 Å². The summed E-state index contributed by atoms with van der Waals surface area (Å²) >= 11 is 0. The Morgan fingerprint density at radius 3 is 3.12 bits per heavy atom. The van der Waals surface area contributed by atoms with Crippen LogP contribution in [0.5, 0.6) is 0 Å². The molecule has 1 aromatic rings. The van der Waals surface area contributed by atoms with Gasteiger partial charge in [0.1, 0.15) is 11.6 Å². The Labute approximate surface area is 94.2 Å². The van der Waals surface area contributed by atoms with E-state index in [4.69, 9.17) is 4.74 Å². The van der Waals surface area contributed by atoms with Gasteiger partial charge in [0, 0.05) is 25.1 Å². The summed E-state index contributed by atoms with van der Waals surface area (Å²) in [6.07, 6.45) is 2.26. The lowest BCUT2D eigenvalue weighted by molar-refractivity contribution is 0.158. The zero-order valence-corrected chi connectivity index (χ0v) is 9.45. The molecule has 5 nitrogen and oxygen atoms in total. The maximum atomic E-state index is 11.4. The summed E-state index contributed by atoms with van der Waals surface area (Å²) in [5.41, 5.74) is -0.0872. The van der Waals surface area contributed by atoms with Crippen molar-refractivity contribution in [1.82, 2.24) is 9.97 Å². The lowest BCUT2D eigenvalue weighted by Gasteiger charge is -2.06. The zero-order chi connectivity index (χ0) is 11.4. The average molecular weight is 223 g/mol. The molecule has 16 heavy (non-hydrogen) atoms. The fourth-order valence-corrected chi connectivity index (χ4v) is 1.51. The van der Waals surface area contributed by atoms with Gasteiger partial charge in [0.25, 0.3) is 5.56 Å². The smallest absolute Gasteiger partial charge is 0.252 e. The summed E-state index contributed by atoms with van der Waals surface area (Å²) in [5.74, 6) is 1.91. The molecule has 88 valence electrons. The number of aromatic amines is 1. The van der Waals surface area contributed by atoms with Gasteiger partial charge in [-0.3, -0.25) is 4.79 Å². The van der Waals surface area contributed by atoms with Gasteiger partial charge < -0.3 is 15.0 Å². The quantitative estimate of drug-likeness (QED) is 0.709. The minimum atomic E-state index is -0.0872. The molecule has 1 aromatic heterocycles. The topological polar surface area (TPSA) is 67.0 Å². The van der Waals surface area contributed by atoms with E-state index >= 15 is 0 Å². The molecule has 1 aliphatic rings. The van der Waals surface area contributed by atoms with E-state index in [0.717, 1.165) is 18.7 Å². The number of aromatic nitrogens is 2. The third kappa shape index (κ3) is 3.06. The average Bonchev–Trinajstić information content (AvgIpc) is 3.07. The van der Waals surface area contributed by atoms with Gasteiger partial charge in [-0.1, -0.05) is 0 Å². The normalized spacial score (nSPS) is 15.1. The molecule has 0 radical (unpaired) electrons. The molecule has 0 bridgehead atoms. The van der Waals surface area contributed by atoms with Crippen LogP contribution in [0.1, 0.15) is 31.5 Å². The number of rotatable bonds is 6. The molecule has 2 N–H and O–H groups in total. The zero-order valence-electron chi connectivity index (χ0n) is 9.45. The molecule has 0 saturated heterocycles. The molecule has 0 atom stereocenters. The van der Waals surface area contributed by atoms with Crippen LogP contribution in [0.3, 0.4) is 0 Å². The van der Waals surface area contributed by atoms with Crippen molar-refractivity contribution in [3.8, 4) is 0 Å². The van der Waals surface area contributed by atoms with Crippen LogP contribution >= 0.6 is 0 Å². The van der Waals surface area contributed by atoms with Crippen molar-refractivity contribution in [3.05, 3.63) is 22.2 Å². The van der Waals surface area contributed by atoms with Gasteiger partial charge >= 0.3 is 0 Å². The summed E-state index contributed by atoms with van der Waals surface area (Å²) in [6.45, 7) is 3.96. The molecule has 1 saturated carbocycles. The maximum Gasteiger partial charge on any atom is 0.252 e. The second-order valence-corrected chi connectivity index (χ2v) is 3.91. The van der Waals surface area contributed by atoms with E-state index in [1.54, 1.807) is 0 Å². The summed E-state index contributed by atoms with van der Waals surface area (Å²) in [6, 6.07) is 1.48. The second kappa shape index (κ2) is 5.12. The van der Waals surface area contributed by atoms with Crippen molar-refractivity contribution >= 4 is 5.82 Å². The predicted octanol–water partition coefficient (Wildman–Crippen LogP) is 1.10. The van der Waals surface area contributed by atoms with Crippen molar-refractivity contribution in [2.45, 2.75) is 25.7 Å². The minimum absolute atomic E-state index is 0.0872. The van der Waals surface area contributed by atoms with E-state index in [1.807, 2.05) is 6.92 Å². The Balaban J connectivity index is 1.94. The van der Waals surface area contributed by atoms with E-state index < -0.39 is 0 Å². The van der Waals surface area contributed by atoms with Crippen LogP contribution < -0.4 is 10.9 Å². The summed E-state index contributed by atoms with van der Waals surface area (Å²) in [4.78, 5) is 18.5. The first-order valence-electron chi connectivity index (χ1n) is 5.72. The van der Waals surface area contributed by atoms with Crippen LogP contribution in [0.25, 0.3) is 0 Å². The fourth-order valence-electron chi connectivity index (χ4n) is 1.51. The molecule has 0 spiro atoms. The molecule has 2 rings (SSSR count). The predicted molar refractivity (Wildman–Crippen MR) is 61.8 cm³/mol. The van der Waals surface area contributed by atoms with Crippen molar-refractivity contribution in [2.75, 3.05) is 25.1 Å². The number of hydrogen-bond donors (Lipinski definition) is 2. The van der Waals surface area contributed by atoms with Gasteiger partial charge in [0.05, 0.1) is 6.61 Å². The van der Waals surface area contributed by atoms with Crippen molar-refractivity contribution < 1.29 is 4.74 Å². The lowest BCUT2D eigenvalue weighted by atomic mass is 10.4. The first-order chi connectivity index (χ1) is 7.79. The molecule has 1 heterocycles. The first-order valence-corrected chi connectivity index (χ1v) is 5.72. The largest absolute Gasteiger partial charge is 0.380 e. The lowest BCUT2D eigenvalue weighted by Crippen LogP contribution is -2.16. The molecule has 0 aliphatic heterocycles. The highest BCUT2D eigenvalue weighted by atomic mass is 16.5. The second-order valence-electron chi connectivity index (χ2n) is 3.91. The van der Waals surface area contributed by atoms with E-state index in [-0.39, 0.29) is 5.56 Å². The number of nitrogens with zero attached hydrogens (tertiary/aromatic N) is 1. The van der Waals surface area contributed by atoms with Crippen molar-refractivity contribution in [1.29, 1.82) is 0 Å². The minimum Gasteiger partial charge on any atom is -0.380 e. The first kappa shape index (κ1) is 11.1. The number of H-pyrrole nitrogens is 1. The molecular formula is C11H17N3O2. The Hall–Kier alpha value is -1.36. The van der Waals surface area contributed by atoms with Crippen LogP contribution in [-0.4, -0.2) is 29.7 Å². The number of nitrogens with one attached hydrogen (secondary N) is 2. The van der Waals surface area contributed by atoms with E-state index in [0.29, 0.717) is 31.5 Å². The maximum absolute atomic E-state index is 11.4. The number of ether oxygens (including phenoxy) is 1. The molecular weight excluding hydrogens is 206 g/mol.